The smallest absolute Gasteiger partial charge is 0.237 e. The molecule has 3 rings (SSSR count). The first-order valence-corrected chi connectivity index (χ1v) is 9.44. The highest BCUT2D eigenvalue weighted by atomic mass is 16.2. The number of carbonyl (C=O) groups is 2. The Balaban J connectivity index is 1.70. The van der Waals surface area contributed by atoms with Crippen molar-refractivity contribution in [2.75, 3.05) is 40.3 Å². The van der Waals surface area contributed by atoms with Crippen LogP contribution < -0.4 is 10.6 Å². The van der Waals surface area contributed by atoms with E-state index in [2.05, 4.69) is 39.8 Å². The molecule has 144 valence electrons. The summed E-state index contributed by atoms with van der Waals surface area (Å²) in [6, 6.07) is 14.1. The van der Waals surface area contributed by atoms with Gasteiger partial charge in [0.2, 0.25) is 11.8 Å². The van der Waals surface area contributed by atoms with Crippen molar-refractivity contribution in [3.63, 3.8) is 0 Å². The van der Waals surface area contributed by atoms with E-state index < -0.39 is 6.04 Å². The summed E-state index contributed by atoms with van der Waals surface area (Å²) in [5.41, 5.74) is 1.18. The molecule has 2 aromatic rings. The van der Waals surface area contributed by atoms with Gasteiger partial charge < -0.3 is 15.5 Å². The maximum absolute atomic E-state index is 12.4. The zero-order valence-electron chi connectivity index (χ0n) is 16.1. The first-order valence-electron chi connectivity index (χ1n) is 9.44. The van der Waals surface area contributed by atoms with Crippen molar-refractivity contribution in [2.24, 2.45) is 0 Å². The largest absolute Gasteiger partial charge is 0.355 e. The third-order valence-electron chi connectivity index (χ3n) is 4.95. The summed E-state index contributed by atoms with van der Waals surface area (Å²) >= 11 is 0. The Morgan fingerprint density at radius 1 is 1.22 bits per heavy atom. The Labute approximate surface area is 160 Å². The molecule has 0 aromatic heterocycles. The van der Waals surface area contributed by atoms with Crippen LogP contribution in [0.2, 0.25) is 0 Å². The summed E-state index contributed by atoms with van der Waals surface area (Å²) in [5.74, 6) is -0.147. The second-order valence-electron chi connectivity index (χ2n) is 7.27. The average Bonchev–Trinajstić information content (AvgIpc) is 2.64. The molecule has 2 amide bonds. The van der Waals surface area contributed by atoms with Crippen LogP contribution in [0.5, 0.6) is 0 Å². The minimum Gasteiger partial charge on any atom is -0.355 e. The van der Waals surface area contributed by atoms with Gasteiger partial charge in [-0.3, -0.25) is 14.5 Å². The van der Waals surface area contributed by atoms with Crippen molar-refractivity contribution in [2.45, 2.75) is 19.0 Å². The Bertz CT molecular complexity index is 800. The van der Waals surface area contributed by atoms with Gasteiger partial charge in [-0.15, -0.1) is 0 Å². The Morgan fingerprint density at radius 3 is 2.81 bits per heavy atom. The van der Waals surface area contributed by atoms with Crippen molar-refractivity contribution in [3.05, 3.63) is 48.0 Å². The fourth-order valence-corrected chi connectivity index (χ4v) is 3.49. The quantitative estimate of drug-likeness (QED) is 0.771. The molecule has 2 aromatic carbocycles. The molecule has 0 bridgehead atoms. The van der Waals surface area contributed by atoms with Crippen LogP contribution in [0.3, 0.4) is 0 Å². The lowest BCUT2D eigenvalue weighted by molar-refractivity contribution is -0.134. The fraction of sp³-hybridized carbons (Fsp3) is 0.429. The molecular weight excluding hydrogens is 340 g/mol. The molecule has 1 aliphatic rings. The van der Waals surface area contributed by atoms with Crippen LogP contribution in [0.4, 0.5) is 0 Å². The molecule has 0 aliphatic carbocycles. The van der Waals surface area contributed by atoms with E-state index in [9.17, 15) is 9.59 Å². The molecule has 0 unspecified atom stereocenters. The van der Waals surface area contributed by atoms with Gasteiger partial charge in [-0.1, -0.05) is 42.5 Å². The molecular formula is C21H28N4O2. The van der Waals surface area contributed by atoms with Gasteiger partial charge in [-0.2, -0.15) is 0 Å². The number of nitrogens with zero attached hydrogens (tertiary/aromatic N) is 2. The van der Waals surface area contributed by atoms with Crippen molar-refractivity contribution >= 4 is 22.6 Å². The van der Waals surface area contributed by atoms with Gasteiger partial charge in [-0.25, -0.2) is 0 Å². The molecule has 1 saturated heterocycles. The minimum atomic E-state index is -0.433. The van der Waals surface area contributed by atoms with Crippen LogP contribution in [0.1, 0.15) is 12.0 Å². The molecule has 6 heteroatoms. The number of piperazine rings is 1. The highest BCUT2D eigenvalue weighted by molar-refractivity contribution is 5.89. The third kappa shape index (κ3) is 5.05. The monoisotopic (exact) mass is 368 g/mol. The Morgan fingerprint density at radius 2 is 2.00 bits per heavy atom. The molecule has 1 fully saturated rings. The number of rotatable bonds is 7. The van der Waals surface area contributed by atoms with Crippen molar-refractivity contribution in [1.82, 2.24) is 20.4 Å². The molecule has 1 heterocycles. The predicted molar refractivity (Wildman–Crippen MR) is 107 cm³/mol. The van der Waals surface area contributed by atoms with Crippen molar-refractivity contribution in [1.29, 1.82) is 0 Å². The van der Waals surface area contributed by atoms with Crippen LogP contribution >= 0.6 is 0 Å². The standard InChI is InChI=1S/C21H28N4O2/c1-24(2)12-10-22-20(26)14-19-21(27)23-11-13-25(19)15-17-8-5-7-16-6-3-4-9-18(16)17/h3-9,19H,10-15H2,1-2H3,(H,22,26)(H,23,27)/t19-/m1/s1. The van der Waals surface area contributed by atoms with Crippen molar-refractivity contribution < 1.29 is 9.59 Å². The third-order valence-corrected chi connectivity index (χ3v) is 4.95. The lowest BCUT2D eigenvalue weighted by atomic mass is 10.0. The van der Waals surface area contributed by atoms with E-state index in [1.165, 1.54) is 16.3 Å². The number of carbonyl (C=O) groups excluding carboxylic acids is 2. The Hall–Kier alpha value is -2.44. The summed E-state index contributed by atoms with van der Waals surface area (Å²) in [6.45, 7) is 3.38. The summed E-state index contributed by atoms with van der Waals surface area (Å²) in [4.78, 5) is 28.9. The molecule has 6 nitrogen and oxygen atoms in total. The van der Waals surface area contributed by atoms with E-state index in [0.29, 0.717) is 19.6 Å². The second-order valence-corrected chi connectivity index (χ2v) is 7.27. The molecule has 27 heavy (non-hydrogen) atoms. The van der Waals surface area contributed by atoms with E-state index in [0.717, 1.165) is 13.1 Å². The number of hydrogen-bond donors (Lipinski definition) is 2. The lowest BCUT2D eigenvalue weighted by Gasteiger charge is -2.35. The van der Waals surface area contributed by atoms with Gasteiger partial charge in [0.15, 0.2) is 0 Å². The van der Waals surface area contributed by atoms with E-state index in [1.807, 2.05) is 37.2 Å². The van der Waals surface area contributed by atoms with Crippen LogP contribution in [-0.4, -0.2) is 67.9 Å². The normalized spacial score (nSPS) is 17.9. The molecule has 0 radical (unpaired) electrons. The van der Waals surface area contributed by atoms with Gasteiger partial charge in [0.05, 0.1) is 12.5 Å². The highest BCUT2D eigenvalue weighted by Crippen LogP contribution is 2.22. The fourth-order valence-electron chi connectivity index (χ4n) is 3.49. The summed E-state index contributed by atoms with van der Waals surface area (Å²) in [7, 11) is 3.93. The van der Waals surface area contributed by atoms with Gasteiger partial charge >= 0.3 is 0 Å². The van der Waals surface area contributed by atoms with Gasteiger partial charge in [0.1, 0.15) is 0 Å². The minimum absolute atomic E-state index is 0.0655. The topological polar surface area (TPSA) is 64.7 Å². The van der Waals surface area contributed by atoms with Crippen LogP contribution in [-0.2, 0) is 16.1 Å². The molecule has 0 saturated carbocycles. The second kappa shape index (κ2) is 8.97. The lowest BCUT2D eigenvalue weighted by Crippen LogP contribution is -2.56. The number of amides is 2. The zero-order chi connectivity index (χ0) is 19.2. The number of nitrogens with one attached hydrogen (secondary N) is 2. The molecule has 1 atom stereocenters. The summed E-state index contributed by atoms with van der Waals surface area (Å²) in [6.07, 6.45) is 0.185. The van der Waals surface area contributed by atoms with Crippen LogP contribution in [0, 0.1) is 0 Å². The number of hydrogen-bond acceptors (Lipinski definition) is 4. The summed E-state index contributed by atoms with van der Waals surface area (Å²) < 4.78 is 0. The maximum Gasteiger partial charge on any atom is 0.237 e. The average molecular weight is 368 g/mol. The van der Waals surface area contributed by atoms with E-state index in [-0.39, 0.29) is 18.2 Å². The first-order chi connectivity index (χ1) is 13.0. The van der Waals surface area contributed by atoms with Crippen molar-refractivity contribution in [3.8, 4) is 0 Å². The zero-order valence-corrected chi connectivity index (χ0v) is 16.1. The van der Waals surface area contributed by atoms with E-state index in [1.54, 1.807) is 0 Å². The first kappa shape index (κ1) is 19.3. The van der Waals surface area contributed by atoms with E-state index >= 15 is 0 Å². The number of fused-ring (bicyclic) bond motifs is 1. The van der Waals surface area contributed by atoms with Gasteiger partial charge in [0.25, 0.3) is 0 Å². The number of likely N-dealkylation sites (N-methyl/N-ethyl adjacent to an activating group) is 1. The maximum atomic E-state index is 12.4. The predicted octanol–water partition coefficient (Wildman–Crippen LogP) is 1.21. The van der Waals surface area contributed by atoms with Crippen LogP contribution in [0.25, 0.3) is 10.8 Å². The number of benzene rings is 2. The molecule has 0 spiro atoms. The van der Waals surface area contributed by atoms with Gasteiger partial charge in [0, 0.05) is 32.7 Å². The highest BCUT2D eigenvalue weighted by Gasteiger charge is 2.31. The Kier molecular flexibility index (Phi) is 6.42. The molecule has 2 N–H and O–H groups in total. The van der Waals surface area contributed by atoms with Gasteiger partial charge in [-0.05, 0) is 30.4 Å². The summed E-state index contributed by atoms with van der Waals surface area (Å²) in [5, 5.41) is 8.19. The molecule has 1 aliphatic heterocycles. The SMILES string of the molecule is CN(C)CCNC(=O)C[C@@H]1C(=O)NCCN1Cc1cccc2ccccc12. The van der Waals surface area contributed by atoms with Crippen LogP contribution in [0.15, 0.2) is 42.5 Å². The van der Waals surface area contributed by atoms with E-state index in [4.69, 9.17) is 0 Å².